The summed E-state index contributed by atoms with van der Waals surface area (Å²) in [7, 11) is 1.58. The molecule has 1 amide bonds. The smallest absolute Gasteiger partial charge is 0.250 e. The molecule has 10 heteroatoms. The van der Waals surface area contributed by atoms with Crippen LogP contribution in [0, 0.1) is 11.8 Å². The lowest BCUT2D eigenvalue weighted by Gasteiger charge is -2.38. The van der Waals surface area contributed by atoms with Gasteiger partial charge in [0, 0.05) is 55.1 Å². The summed E-state index contributed by atoms with van der Waals surface area (Å²) in [6.45, 7) is 0.908. The van der Waals surface area contributed by atoms with Crippen LogP contribution in [0.4, 0.5) is 5.13 Å². The number of aliphatic hydroxyl groups is 1. The molecule has 2 aliphatic rings. The fourth-order valence-corrected chi connectivity index (χ4v) is 7.34. The molecule has 4 heterocycles. The molecule has 0 radical (unpaired) electrons. The van der Waals surface area contributed by atoms with Gasteiger partial charge in [-0.25, -0.2) is 4.98 Å². The summed E-state index contributed by atoms with van der Waals surface area (Å²) >= 11 is 7.74. The van der Waals surface area contributed by atoms with E-state index in [-0.39, 0.29) is 24.1 Å². The van der Waals surface area contributed by atoms with E-state index in [2.05, 4.69) is 22.3 Å². The number of hydrogen-bond acceptors (Lipinski definition) is 7. The summed E-state index contributed by atoms with van der Waals surface area (Å²) in [5.74, 6) is -1.14. The average molecular weight is 577 g/mol. The molecule has 4 atom stereocenters. The largest absolute Gasteiger partial charge is 0.396 e. The Labute approximate surface area is 240 Å². The molecule has 0 spiro atoms. The van der Waals surface area contributed by atoms with Crippen molar-refractivity contribution in [2.24, 2.45) is 11.8 Å². The van der Waals surface area contributed by atoms with E-state index in [0.29, 0.717) is 24.7 Å². The lowest BCUT2D eigenvalue weighted by atomic mass is 9.86. The van der Waals surface area contributed by atoms with E-state index in [0.717, 1.165) is 32.5 Å². The van der Waals surface area contributed by atoms with E-state index < -0.39 is 17.9 Å². The summed E-state index contributed by atoms with van der Waals surface area (Å²) in [5.41, 5.74) is 3.41. The number of benzene rings is 2. The second-order valence-electron chi connectivity index (χ2n) is 10.0. The van der Waals surface area contributed by atoms with Crippen molar-refractivity contribution >= 4 is 34.0 Å². The number of amides is 1. The van der Waals surface area contributed by atoms with Crippen molar-refractivity contribution < 1.29 is 14.6 Å². The number of carbonyl (C=O) groups excluding carboxylic acids is 1. The molecule has 2 bridgehead atoms. The Balaban J connectivity index is 1.51. The Hall–Kier alpha value is -3.50. The van der Waals surface area contributed by atoms with Crippen molar-refractivity contribution in [3.63, 3.8) is 0 Å². The topological polar surface area (TPSA) is 96.7 Å². The maximum absolute atomic E-state index is 13.6. The molecule has 1 fully saturated rings. The van der Waals surface area contributed by atoms with E-state index in [1.54, 1.807) is 29.1 Å². The van der Waals surface area contributed by atoms with Crippen molar-refractivity contribution in [2.45, 2.75) is 18.6 Å². The number of anilines is 1. The van der Waals surface area contributed by atoms with Gasteiger partial charge < -0.3 is 24.6 Å². The number of rotatable bonds is 8. The van der Waals surface area contributed by atoms with Gasteiger partial charge in [0.2, 0.25) is 5.91 Å². The van der Waals surface area contributed by atoms with Gasteiger partial charge in [-0.05, 0) is 23.8 Å². The van der Waals surface area contributed by atoms with Crippen LogP contribution in [-0.2, 0) is 16.1 Å². The highest BCUT2D eigenvalue weighted by atomic mass is 35.5. The molecule has 40 heavy (non-hydrogen) atoms. The first-order valence-corrected chi connectivity index (χ1v) is 14.4. The van der Waals surface area contributed by atoms with Crippen LogP contribution in [0.3, 0.4) is 0 Å². The van der Waals surface area contributed by atoms with Gasteiger partial charge in [-0.1, -0.05) is 71.5 Å². The van der Waals surface area contributed by atoms with Gasteiger partial charge in [0.1, 0.15) is 0 Å². The monoisotopic (exact) mass is 576 g/mol. The summed E-state index contributed by atoms with van der Waals surface area (Å²) < 4.78 is 6.87. The molecule has 2 aromatic carbocycles. The highest BCUT2D eigenvalue weighted by Crippen LogP contribution is 2.53. The Kier molecular flexibility index (Phi) is 7.46. The van der Waals surface area contributed by atoms with Crippen LogP contribution in [0.15, 0.2) is 77.6 Å². The van der Waals surface area contributed by atoms with Gasteiger partial charge in [0.05, 0.1) is 35.2 Å². The molecule has 6 rings (SSSR count). The predicted octanol–water partition coefficient (Wildman–Crippen LogP) is 4.22. The number of fused-ring (bicyclic) bond motifs is 4. The summed E-state index contributed by atoms with van der Waals surface area (Å²) in [6, 6.07) is 22.1. The lowest BCUT2D eigenvalue weighted by Crippen LogP contribution is -2.46. The van der Waals surface area contributed by atoms with Crippen LogP contribution in [0.2, 0.25) is 5.02 Å². The molecule has 2 N–H and O–H groups in total. The van der Waals surface area contributed by atoms with Crippen molar-refractivity contribution in [3.8, 4) is 21.7 Å². The van der Waals surface area contributed by atoms with Crippen LogP contribution in [0.1, 0.15) is 11.7 Å². The Morgan fingerprint density at radius 3 is 2.60 bits per heavy atom. The number of ether oxygens (including phenoxy) is 1. The zero-order valence-corrected chi connectivity index (χ0v) is 23.4. The van der Waals surface area contributed by atoms with E-state index >= 15 is 0 Å². The number of aromatic nitrogens is 2. The summed E-state index contributed by atoms with van der Waals surface area (Å²) in [5, 5.41) is 15.0. The standard InChI is InChI=1S/C30H29ClN4O4S/c1-39-15-14-32-29(38)25-21(17-36)23-16-34-22(8-5-9-24(34)37)27(25)35(23)30-33-26(18-10-12-20(31)13-11-18)28(40-30)19-6-3-2-4-7-19/h2-13,21,23,25,27,36H,14-17H2,1H3,(H,32,38)/t21-,23-,25+,27+/m1/s1. The first kappa shape index (κ1) is 26.7. The minimum Gasteiger partial charge on any atom is -0.396 e. The molecule has 2 aromatic heterocycles. The molecule has 0 saturated carbocycles. The van der Waals surface area contributed by atoms with Crippen LogP contribution in [-0.4, -0.2) is 53.5 Å². The van der Waals surface area contributed by atoms with E-state index in [9.17, 15) is 14.7 Å². The highest BCUT2D eigenvalue weighted by molar-refractivity contribution is 7.19. The number of carbonyl (C=O) groups is 1. The third-order valence-electron chi connectivity index (χ3n) is 7.82. The second kappa shape index (κ2) is 11.2. The minimum absolute atomic E-state index is 0.116. The van der Waals surface area contributed by atoms with Gasteiger partial charge in [0.15, 0.2) is 5.13 Å². The number of nitrogens with zero attached hydrogens (tertiary/aromatic N) is 3. The summed E-state index contributed by atoms with van der Waals surface area (Å²) in [6.07, 6.45) is 0. The van der Waals surface area contributed by atoms with Crippen molar-refractivity contribution in [1.82, 2.24) is 14.9 Å². The minimum atomic E-state index is -0.578. The molecule has 0 aliphatic carbocycles. The second-order valence-corrected chi connectivity index (χ2v) is 11.4. The van der Waals surface area contributed by atoms with Crippen molar-refractivity contribution in [3.05, 3.63) is 93.9 Å². The first-order chi connectivity index (χ1) is 19.5. The number of hydrogen-bond donors (Lipinski definition) is 2. The third-order valence-corrected chi connectivity index (χ3v) is 9.19. The molecule has 0 unspecified atom stereocenters. The predicted molar refractivity (Wildman–Crippen MR) is 157 cm³/mol. The van der Waals surface area contributed by atoms with Gasteiger partial charge in [-0.15, -0.1) is 0 Å². The number of pyridine rings is 1. The third kappa shape index (κ3) is 4.62. The van der Waals surface area contributed by atoms with E-state index in [1.807, 2.05) is 48.5 Å². The van der Waals surface area contributed by atoms with Crippen LogP contribution in [0.5, 0.6) is 0 Å². The Morgan fingerprint density at radius 1 is 1.10 bits per heavy atom. The highest BCUT2D eigenvalue weighted by Gasteiger charge is 2.56. The molecule has 2 aliphatic heterocycles. The van der Waals surface area contributed by atoms with Gasteiger partial charge in [-0.3, -0.25) is 9.59 Å². The number of thiazole rings is 1. The maximum Gasteiger partial charge on any atom is 0.250 e. The van der Waals surface area contributed by atoms with Crippen molar-refractivity contribution in [2.75, 3.05) is 31.8 Å². The molecular weight excluding hydrogens is 548 g/mol. The number of nitrogens with one attached hydrogen (secondary N) is 1. The lowest BCUT2D eigenvalue weighted by molar-refractivity contribution is -0.127. The van der Waals surface area contributed by atoms with Crippen LogP contribution < -0.4 is 15.8 Å². The number of methoxy groups -OCH3 is 1. The molecule has 1 saturated heterocycles. The maximum atomic E-state index is 13.6. The van der Waals surface area contributed by atoms with Gasteiger partial charge in [0.25, 0.3) is 5.56 Å². The van der Waals surface area contributed by atoms with Crippen molar-refractivity contribution in [1.29, 1.82) is 0 Å². The average Bonchev–Trinajstić information content (AvgIpc) is 3.51. The number of aliphatic hydroxyl groups excluding tert-OH is 1. The normalized spacial score (nSPS) is 21.3. The molecular formula is C30H29ClN4O4S. The SMILES string of the molecule is COCCNC(=O)[C@H]1[C@H](CO)[C@H]2Cn3c(cccc3=O)[C@@H]1N2c1nc(-c2ccc(Cl)cc2)c(-c2ccccc2)s1. The van der Waals surface area contributed by atoms with Crippen LogP contribution >= 0.6 is 22.9 Å². The van der Waals surface area contributed by atoms with Gasteiger partial charge >= 0.3 is 0 Å². The van der Waals surface area contributed by atoms with E-state index in [1.165, 1.54) is 6.07 Å². The fourth-order valence-electron chi connectivity index (χ4n) is 6.02. The zero-order chi connectivity index (χ0) is 27.8. The fraction of sp³-hybridized carbons (Fsp3) is 0.300. The summed E-state index contributed by atoms with van der Waals surface area (Å²) in [4.78, 5) is 34.9. The Bertz CT molecular complexity index is 1570. The van der Waals surface area contributed by atoms with E-state index in [4.69, 9.17) is 21.3 Å². The zero-order valence-electron chi connectivity index (χ0n) is 21.9. The number of halogens is 1. The Morgan fingerprint density at radius 2 is 1.88 bits per heavy atom. The van der Waals surface area contributed by atoms with Gasteiger partial charge in [-0.2, -0.15) is 0 Å². The molecule has 4 aromatic rings. The van der Waals surface area contributed by atoms with Crippen LogP contribution in [0.25, 0.3) is 21.7 Å². The first-order valence-electron chi connectivity index (χ1n) is 13.2. The molecule has 206 valence electrons. The quantitative estimate of drug-likeness (QED) is 0.305. The molecule has 8 nitrogen and oxygen atoms in total.